The van der Waals surface area contributed by atoms with Crippen molar-refractivity contribution in [1.82, 2.24) is 0 Å². The molecular formula is C8H12NO+. The van der Waals surface area contributed by atoms with Gasteiger partial charge in [0.25, 0.3) is 0 Å². The summed E-state index contributed by atoms with van der Waals surface area (Å²) in [6, 6.07) is 1.95. The van der Waals surface area contributed by atoms with Crippen LogP contribution in [0.2, 0.25) is 0 Å². The zero-order valence-corrected chi connectivity index (χ0v) is 6.55. The lowest BCUT2D eigenvalue weighted by atomic mass is 10.1. The fraction of sp³-hybridized carbons (Fsp3) is 0.375. The van der Waals surface area contributed by atoms with E-state index in [1.54, 1.807) is 6.20 Å². The molecule has 0 radical (unpaired) electrons. The van der Waals surface area contributed by atoms with Gasteiger partial charge >= 0.3 is 0 Å². The lowest BCUT2D eigenvalue weighted by Crippen LogP contribution is -2.33. The predicted octanol–water partition coefficient (Wildman–Crippen LogP) is 1.14. The molecule has 0 aliphatic heterocycles. The van der Waals surface area contributed by atoms with Crippen molar-refractivity contribution >= 4 is 0 Å². The Morgan fingerprint density at radius 3 is 2.30 bits per heavy atom. The van der Waals surface area contributed by atoms with Gasteiger partial charge in [-0.2, -0.15) is 0 Å². The van der Waals surface area contributed by atoms with Crippen LogP contribution in [0.3, 0.4) is 0 Å². The SMILES string of the molecule is Cc1cc(C)[n+](O)cc1C. The first-order chi connectivity index (χ1) is 4.61. The van der Waals surface area contributed by atoms with E-state index in [0.717, 1.165) is 16.0 Å². The van der Waals surface area contributed by atoms with E-state index in [1.807, 2.05) is 26.8 Å². The maximum atomic E-state index is 9.14. The van der Waals surface area contributed by atoms with E-state index in [0.29, 0.717) is 0 Å². The molecule has 0 fully saturated rings. The second kappa shape index (κ2) is 2.29. The van der Waals surface area contributed by atoms with E-state index in [9.17, 15) is 0 Å². The van der Waals surface area contributed by atoms with Gasteiger partial charge in [-0.1, -0.05) is 0 Å². The third kappa shape index (κ3) is 1.10. The highest BCUT2D eigenvalue weighted by molar-refractivity contribution is 5.19. The van der Waals surface area contributed by atoms with Crippen LogP contribution in [-0.2, 0) is 0 Å². The number of rotatable bonds is 0. The monoisotopic (exact) mass is 138 g/mol. The minimum Gasteiger partial charge on any atom is -0.285 e. The minimum absolute atomic E-state index is 0.864. The molecule has 1 N–H and O–H groups in total. The molecule has 0 aliphatic rings. The number of hydrogen-bond acceptors (Lipinski definition) is 1. The van der Waals surface area contributed by atoms with Crippen LogP contribution in [-0.4, -0.2) is 5.21 Å². The van der Waals surface area contributed by atoms with Gasteiger partial charge in [0.15, 0.2) is 0 Å². The molecule has 2 nitrogen and oxygen atoms in total. The van der Waals surface area contributed by atoms with Crippen LogP contribution in [0, 0.1) is 20.8 Å². The first-order valence-corrected chi connectivity index (χ1v) is 3.30. The van der Waals surface area contributed by atoms with Crippen molar-refractivity contribution < 1.29 is 9.94 Å². The van der Waals surface area contributed by atoms with Crippen LogP contribution in [0.15, 0.2) is 12.3 Å². The van der Waals surface area contributed by atoms with Gasteiger partial charge in [-0.25, -0.2) is 0 Å². The topological polar surface area (TPSA) is 24.1 Å². The van der Waals surface area contributed by atoms with Crippen molar-refractivity contribution in [2.24, 2.45) is 0 Å². The van der Waals surface area contributed by atoms with E-state index >= 15 is 0 Å². The van der Waals surface area contributed by atoms with Crippen molar-refractivity contribution in [1.29, 1.82) is 0 Å². The van der Waals surface area contributed by atoms with Crippen LogP contribution < -0.4 is 4.73 Å². The van der Waals surface area contributed by atoms with Gasteiger partial charge in [-0.15, -0.1) is 0 Å². The van der Waals surface area contributed by atoms with Crippen LogP contribution >= 0.6 is 0 Å². The Morgan fingerprint density at radius 2 is 1.80 bits per heavy atom. The summed E-state index contributed by atoms with van der Waals surface area (Å²) in [5, 5.41) is 9.14. The van der Waals surface area contributed by atoms with Gasteiger partial charge < -0.3 is 0 Å². The Morgan fingerprint density at radius 1 is 1.20 bits per heavy atom. The van der Waals surface area contributed by atoms with Crippen molar-refractivity contribution in [2.75, 3.05) is 0 Å². The molecule has 0 aliphatic carbocycles. The molecule has 2 heteroatoms. The third-order valence-corrected chi connectivity index (χ3v) is 1.72. The second-order valence-electron chi connectivity index (χ2n) is 2.63. The number of pyridine rings is 1. The second-order valence-corrected chi connectivity index (χ2v) is 2.63. The molecule has 1 heterocycles. The van der Waals surface area contributed by atoms with E-state index in [-0.39, 0.29) is 0 Å². The number of aromatic nitrogens is 1. The zero-order chi connectivity index (χ0) is 7.72. The molecule has 0 atom stereocenters. The summed E-state index contributed by atoms with van der Waals surface area (Å²) >= 11 is 0. The predicted molar refractivity (Wildman–Crippen MR) is 38.0 cm³/mol. The smallest absolute Gasteiger partial charge is 0.231 e. The lowest BCUT2D eigenvalue weighted by Gasteiger charge is -1.95. The molecule has 0 unspecified atom stereocenters. The van der Waals surface area contributed by atoms with Crippen molar-refractivity contribution in [3.63, 3.8) is 0 Å². The van der Waals surface area contributed by atoms with Gasteiger partial charge in [-0.05, 0) is 19.4 Å². The highest BCUT2D eigenvalue weighted by atomic mass is 16.5. The Balaban J connectivity index is 3.28. The maximum absolute atomic E-state index is 9.14. The Kier molecular flexibility index (Phi) is 1.62. The molecule has 0 saturated heterocycles. The number of hydrogen-bond donors (Lipinski definition) is 1. The summed E-state index contributed by atoms with van der Waals surface area (Å²) in [5.41, 5.74) is 3.18. The zero-order valence-electron chi connectivity index (χ0n) is 6.55. The molecular weight excluding hydrogens is 126 g/mol. The normalized spacial score (nSPS) is 9.90. The first-order valence-electron chi connectivity index (χ1n) is 3.30. The molecule has 1 aromatic heterocycles. The third-order valence-electron chi connectivity index (χ3n) is 1.72. The molecule has 1 aromatic rings. The van der Waals surface area contributed by atoms with Crippen LogP contribution in [0.5, 0.6) is 0 Å². The largest absolute Gasteiger partial charge is 0.285 e. The highest BCUT2D eigenvalue weighted by Crippen LogP contribution is 2.02. The highest BCUT2D eigenvalue weighted by Gasteiger charge is 2.05. The summed E-state index contributed by atoms with van der Waals surface area (Å²) < 4.78 is 1.14. The summed E-state index contributed by atoms with van der Waals surface area (Å²) in [4.78, 5) is 0. The molecule has 0 bridgehead atoms. The summed E-state index contributed by atoms with van der Waals surface area (Å²) in [6.07, 6.45) is 1.71. The molecule has 10 heavy (non-hydrogen) atoms. The molecule has 0 saturated carbocycles. The lowest BCUT2D eigenvalue weighted by molar-refractivity contribution is -0.909. The van der Waals surface area contributed by atoms with Gasteiger partial charge in [0.05, 0.1) is 0 Å². The van der Waals surface area contributed by atoms with Gasteiger partial charge in [0.1, 0.15) is 0 Å². The molecule has 1 rings (SSSR count). The fourth-order valence-corrected chi connectivity index (χ4v) is 0.880. The standard InChI is InChI=1S/C8H12NO/c1-6-4-8(3)9(10)5-7(6)2/h4-5,10H,1-3H3/q+1. The molecule has 0 spiro atoms. The average molecular weight is 138 g/mol. The average Bonchev–Trinajstić information content (AvgIpc) is 1.84. The Labute approximate surface area is 60.7 Å². The fourth-order valence-electron chi connectivity index (χ4n) is 0.880. The van der Waals surface area contributed by atoms with E-state index in [1.165, 1.54) is 5.56 Å². The number of aryl methyl sites for hydroxylation is 3. The Hall–Kier alpha value is -1.05. The van der Waals surface area contributed by atoms with Gasteiger partial charge in [0, 0.05) is 23.3 Å². The van der Waals surface area contributed by atoms with E-state index in [2.05, 4.69) is 0 Å². The van der Waals surface area contributed by atoms with Crippen LogP contribution in [0.4, 0.5) is 0 Å². The van der Waals surface area contributed by atoms with Gasteiger partial charge in [0.2, 0.25) is 11.9 Å². The maximum Gasteiger partial charge on any atom is 0.231 e. The van der Waals surface area contributed by atoms with Crippen molar-refractivity contribution in [3.8, 4) is 0 Å². The minimum atomic E-state index is 0.864. The van der Waals surface area contributed by atoms with Crippen LogP contribution in [0.25, 0.3) is 0 Å². The van der Waals surface area contributed by atoms with E-state index in [4.69, 9.17) is 5.21 Å². The summed E-state index contributed by atoms with van der Waals surface area (Å²) in [5.74, 6) is 0. The van der Waals surface area contributed by atoms with Crippen molar-refractivity contribution in [3.05, 3.63) is 29.1 Å². The molecule has 54 valence electrons. The van der Waals surface area contributed by atoms with Crippen LogP contribution in [0.1, 0.15) is 16.8 Å². The number of nitrogens with zero attached hydrogens (tertiary/aromatic N) is 1. The van der Waals surface area contributed by atoms with Gasteiger partial charge in [-0.3, -0.25) is 5.21 Å². The first kappa shape index (κ1) is 7.06. The molecule has 0 aromatic carbocycles. The van der Waals surface area contributed by atoms with Crippen molar-refractivity contribution in [2.45, 2.75) is 20.8 Å². The Bertz CT molecular complexity index is 205. The van der Waals surface area contributed by atoms with E-state index < -0.39 is 0 Å². The summed E-state index contributed by atoms with van der Waals surface area (Å²) in [6.45, 7) is 5.87. The quantitative estimate of drug-likeness (QED) is 0.422. The summed E-state index contributed by atoms with van der Waals surface area (Å²) in [7, 11) is 0. The molecule has 0 amide bonds.